The Bertz CT molecular complexity index is 677. The van der Waals surface area contributed by atoms with Crippen LogP contribution < -0.4 is 10.1 Å². The molecule has 2 unspecified atom stereocenters. The van der Waals surface area contributed by atoms with Crippen molar-refractivity contribution in [1.29, 1.82) is 0 Å². The number of β-amino-alcohol motifs (C(OH)–C–C–N with tert-alkyl or cyclic N) is 1. The van der Waals surface area contributed by atoms with E-state index in [0.717, 1.165) is 28.9 Å². The number of ether oxygens (including phenoxy) is 1. The third-order valence-corrected chi connectivity index (χ3v) is 4.83. The van der Waals surface area contributed by atoms with E-state index in [1.54, 1.807) is 13.3 Å². The van der Waals surface area contributed by atoms with Crippen molar-refractivity contribution in [2.24, 2.45) is 0 Å². The average molecular weight is 329 g/mol. The molecule has 1 aromatic carbocycles. The molecule has 2 N–H and O–H groups in total. The summed E-state index contributed by atoms with van der Waals surface area (Å²) in [4.78, 5) is 6.84. The van der Waals surface area contributed by atoms with E-state index in [4.69, 9.17) is 4.74 Å². The minimum absolute atomic E-state index is 0.407. The lowest BCUT2D eigenvalue weighted by atomic mass is 10.0. The maximum atomic E-state index is 10.4. The number of fused-ring (bicyclic) bond motifs is 1. The van der Waals surface area contributed by atoms with Crippen molar-refractivity contribution in [2.75, 3.05) is 32.1 Å². The van der Waals surface area contributed by atoms with Crippen molar-refractivity contribution >= 4 is 16.6 Å². The second-order valence-corrected chi connectivity index (χ2v) is 6.62. The zero-order valence-electron chi connectivity index (χ0n) is 14.5. The second kappa shape index (κ2) is 7.81. The zero-order chi connectivity index (χ0) is 16.9. The van der Waals surface area contributed by atoms with E-state index < -0.39 is 6.10 Å². The number of hydrogen-bond acceptors (Lipinski definition) is 5. The van der Waals surface area contributed by atoms with Gasteiger partial charge in [0.15, 0.2) is 0 Å². The van der Waals surface area contributed by atoms with E-state index in [1.165, 1.54) is 19.3 Å². The highest BCUT2D eigenvalue weighted by Gasteiger charge is 2.20. The molecule has 2 heterocycles. The SMILES string of the molecule is COc1cc(NCC(O)CN2CCCCC2C)c2ncccc2c1. The van der Waals surface area contributed by atoms with Crippen LogP contribution in [0.5, 0.6) is 5.75 Å². The van der Waals surface area contributed by atoms with Crippen molar-refractivity contribution in [2.45, 2.75) is 38.3 Å². The summed E-state index contributed by atoms with van der Waals surface area (Å²) in [6.45, 7) is 4.55. The molecule has 0 radical (unpaired) electrons. The molecule has 0 amide bonds. The van der Waals surface area contributed by atoms with Gasteiger partial charge in [0.1, 0.15) is 5.75 Å². The Hall–Kier alpha value is -1.85. The zero-order valence-corrected chi connectivity index (χ0v) is 14.5. The minimum Gasteiger partial charge on any atom is -0.497 e. The summed E-state index contributed by atoms with van der Waals surface area (Å²) < 4.78 is 5.37. The Morgan fingerprint density at radius 2 is 2.29 bits per heavy atom. The first kappa shape index (κ1) is 17.0. The molecule has 130 valence electrons. The Morgan fingerprint density at radius 1 is 1.42 bits per heavy atom. The van der Waals surface area contributed by atoms with E-state index in [-0.39, 0.29) is 0 Å². The topological polar surface area (TPSA) is 57.6 Å². The third-order valence-electron chi connectivity index (χ3n) is 4.83. The first-order valence-corrected chi connectivity index (χ1v) is 8.76. The van der Waals surface area contributed by atoms with Gasteiger partial charge in [0.05, 0.1) is 24.4 Å². The third kappa shape index (κ3) is 3.97. The number of rotatable bonds is 6. The number of nitrogens with one attached hydrogen (secondary N) is 1. The van der Waals surface area contributed by atoms with Crippen LogP contribution in [0.2, 0.25) is 0 Å². The molecular weight excluding hydrogens is 302 g/mol. The number of methoxy groups -OCH3 is 1. The molecule has 1 saturated heterocycles. The van der Waals surface area contributed by atoms with Gasteiger partial charge in [-0.1, -0.05) is 12.5 Å². The summed E-state index contributed by atoms with van der Waals surface area (Å²) in [7, 11) is 1.66. The monoisotopic (exact) mass is 329 g/mol. The smallest absolute Gasteiger partial charge is 0.121 e. The standard InChI is InChI=1S/C19H27N3O2/c1-14-6-3-4-9-22(14)13-16(23)12-21-18-11-17(24-2)10-15-7-5-8-20-19(15)18/h5,7-8,10-11,14,16,21,23H,3-4,6,9,12-13H2,1-2H3. The predicted molar refractivity (Wildman–Crippen MR) is 97.7 cm³/mol. The minimum atomic E-state index is -0.407. The maximum absolute atomic E-state index is 10.4. The fraction of sp³-hybridized carbons (Fsp3) is 0.526. The van der Waals surface area contributed by atoms with Crippen LogP contribution >= 0.6 is 0 Å². The quantitative estimate of drug-likeness (QED) is 0.853. The summed E-state index contributed by atoms with van der Waals surface area (Å²) in [5, 5.41) is 14.8. The van der Waals surface area contributed by atoms with Gasteiger partial charge >= 0.3 is 0 Å². The lowest BCUT2D eigenvalue weighted by Gasteiger charge is -2.34. The average Bonchev–Trinajstić information content (AvgIpc) is 2.61. The van der Waals surface area contributed by atoms with Crippen LogP contribution in [-0.4, -0.2) is 53.9 Å². The lowest BCUT2D eigenvalue weighted by Crippen LogP contribution is -2.43. The van der Waals surface area contributed by atoms with Crippen LogP contribution in [0.15, 0.2) is 30.5 Å². The molecule has 1 aliphatic rings. The fourth-order valence-electron chi connectivity index (χ4n) is 3.41. The molecule has 3 rings (SSSR count). The van der Waals surface area contributed by atoms with Crippen LogP contribution in [0.25, 0.3) is 10.9 Å². The highest BCUT2D eigenvalue weighted by Crippen LogP contribution is 2.27. The fourth-order valence-corrected chi connectivity index (χ4v) is 3.41. The van der Waals surface area contributed by atoms with Gasteiger partial charge in [-0.2, -0.15) is 0 Å². The molecule has 0 bridgehead atoms. The maximum Gasteiger partial charge on any atom is 0.121 e. The van der Waals surface area contributed by atoms with E-state index in [9.17, 15) is 5.11 Å². The molecule has 0 spiro atoms. The number of piperidine rings is 1. The second-order valence-electron chi connectivity index (χ2n) is 6.62. The van der Waals surface area contributed by atoms with Gasteiger partial charge in [0.25, 0.3) is 0 Å². The summed E-state index contributed by atoms with van der Waals surface area (Å²) in [5.74, 6) is 0.789. The number of nitrogens with zero attached hydrogens (tertiary/aromatic N) is 2. The Balaban J connectivity index is 1.66. The van der Waals surface area contributed by atoms with Crippen LogP contribution in [-0.2, 0) is 0 Å². The number of hydrogen-bond donors (Lipinski definition) is 2. The number of benzene rings is 1. The molecule has 0 saturated carbocycles. The van der Waals surface area contributed by atoms with Crippen molar-refractivity contribution < 1.29 is 9.84 Å². The van der Waals surface area contributed by atoms with E-state index >= 15 is 0 Å². The molecule has 2 aromatic rings. The van der Waals surface area contributed by atoms with Crippen LogP contribution in [0.4, 0.5) is 5.69 Å². The lowest BCUT2D eigenvalue weighted by molar-refractivity contribution is 0.0801. The molecule has 24 heavy (non-hydrogen) atoms. The summed E-state index contributed by atoms with van der Waals surface area (Å²) >= 11 is 0. The Morgan fingerprint density at radius 3 is 3.08 bits per heavy atom. The van der Waals surface area contributed by atoms with Crippen molar-refractivity contribution in [1.82, 2.24) is 9.88 Å². The molecular formula is C19H27N3O2. The molecule has 1 aromatic heterocycles. The largest absolute Gasteiger partial charge is 0.497 e. The van der Waals surface area contributed by atoms with E-state index in [2.05, 4.69) is 22.1 Å². The van der Waals surface area contributed by atoms with Gasteiger partial charge in [-0.25, -0.2) is 0 Å². The number of anilines is 1. The normalized spacial score (nSPS) is 20.0. The number of pyridine rings is 1. The first-order chi connectivity index (χ1) is 11.7. The van der Waals surface area contributed by atoms with E-state index in [0.29, 0.717) is 19.1 Å². The first-order valence-electron chi connectivity index (χ1n) is 8.76. The number of aliphatic hydroxyl groups is 1. The van der Waals surface area contributed by atoms with Crippen molar-refractivity contribution in [3.8, 4) is 5.75 Å². The molecule has 1 aliphatic heterocycles. The molecule has 5 nitrogen and oxygen atoms in total. The Labute approximate surface area is 143 Å². The summed E-state index contributed by atoms with van der Waals surface area (Å²) in [5.41, 5.74) is 1.80. The molecule has 0 aliphatic carbocycles. The van der Waals surface area contributed by atoms with Crippen LogP contribution in [0, 0.1) is 0 Å². The highest BCUT2D eigenvalue weighted by atomic mass is 16.5. The van der Waals surface area contributed by atoms with Gasteiger partial charge < -0.3 is 15.2 Å². The van der Waals surface area contributed by atoms with Gasteiger partial charge in [0, 0.05) is 36.8 Å². The van der Waals surface area contributed by atoms with Crippen LogP contribution in [0.1, 0.15) is 26.2 Å². The van der Waals surface area contributed by atoms with Crippen molar-refractivity contribution in [3.05, 3.63) is 30.5 Å². The number of aliphatic hydroxyl groups excluding tert-OH is 1. The highest BCUT2D eigenvalue weighted by molar-refractivity contribution is 5.91. The van der Waals surface area contributed by atoms with Crippen LogP contribution in [0.3, 0.4) is 0 Å². The van der Waals surface area contributed by atoms with Gasteiger partial charge in [-0.15, -0.1) is 0 Å². The summed E-state index contributed by atoms with van der Waals surface area (Å²) in [6.07, 6.45) is 5.13. The molecule has 2 atom stereocenters. The van der Waals surface area contributed by atoms with E-state index in [1.807, 2.05) is 24.3 Å². The Kier molecular flexibility index (Phi) is 5.53. The predicted octanol–water partition coefficient (Wildman–Crippen LogP) is 2.89. The van der Waals surface area contributed by atoms with Gasteiger partial charge in [-0.3, -0.25) is 9.88 Å². The summed E-state index contributed by atoms with van der Waals surface area (Å²) in [6, 6.07) is 8.40. The van der Waals surface area contributed by atoms with Gasteiger partial charge in [-0.05, 0) is 38.4 Å². The van der Waals surface area contributed by atoms with Crippen molar-refractivity contribution in [3.63, 3.8) is 0 Å². The number of likely N-dealkylation sites (tertiary alicyclic amines) is 1. The number of aromatic nitrogens is 1. The molecule has 5 heteroatoms. The molecule has 1 fully saturated rings. The van der Waals surface area contributed by atoms with Gasteiger partial charge in [0.2, 0.25) is 0 Å².